The minimum atomic E-state index is -4.49. The predicted molar refractivity (Wildman–Crippen MR) is 74.1 cm³/mol. The fourth-order valence-electron chi connectivity index (χ4n) is 1.61. The minimum absolute atomic E-state index is 0.0623. The number of alkyl halides is 3. The van der Waals surface area contributed by atoms with E-state index in [2.05, 4.69) is 15.0 Å². The molecule has 0 spiro atoms. The average molecular weight is 335 g/mol. The van der Waals surface area contributed by atoms with Crippen LogP contribution in [0.4, 0.5) is 13.2 Å². The molecule has 0 aliphatic rings. The number of aromatic nitrogens is 3. The number of nitrogens with zero attached hydrogens (tertiary/aromatic N) is 3. The Bertz CT molecular complexity index is 628. The fourth-order valence-corrected chi connectivity index (χ4v) is 3.48. The van der Waals surface area contributed by atoms with Gasteiger partial charge >= 0.3 is 6.18 Å². The topological polar surface area (TPSA) is 58.9 Å². The van der Waals surface area contributed by atoms with Gasteiger partial charge in [-0.05, 0) is 19.9 Å². The highest BCUT2D eigenvalue weighted by Gasteiger charge is 2.33. The molecule has 2 aromatic heterocycles. The Kier molecular flexibility index (Phi) is 4.84. The number of halogens is 3. The SMILES string of the molecule is Cc1cc(C(F)(F)F)nc(SCc2scnc2C(C)O)n1. The zero-order chi connectivity index (χ0) is 15.6. The third-order valence-electron chi connectivity index (χ3n) is 2.52. The van der Waals surface area contributed by atoms with E-state index in [1.54, 1.807) is 12.4 Å². The van der Waals surface area contributed by atoms with Crippen LogP contribution in [0.2, 0.25) is 0 Å². The van der Waals surface area contributed by atoms with Crippen LogP contribution in [0.15, 0.2) is 16.7 Å². The Morgan fingerprint density at radius 3 is 2.71 bits per heavy atom. The van der Waals surface area contributed by atoms with Crippen LogP contribution in [0.3, 0.4) is 0 Å². The summed E-state index contributed by atoms with van der Waals surface area (Å²) in [4.78, 5) is 12.4. The molecule has 2 heterocycles. The van der Waals surface area contributed by atoms with Gasteiger partial charge in [-0.1, -0.05) is 11.8 Å². The number of thiazole rings is 1. The van der Waals surface area contributed by atoms with Gasteiger partial charge in [0.15, 0.2) is 5.16 Å². The molecule has 9 heteroatoms. The van der Waals surface area contributed by atoms with Gasteiger partial charge in [0.1, 0.15) is 5.69 Å². The highest BCUT2D eigenvalue weighted by atomic mass is 32.2. The Hall–Kier alpha value is -1.19. The first kappa shape index (κ1) is 16.2. The fraction of sp³-hybridized carbons (Fsp3) is 0.417. The number of rotatable bonds is 4. The summed E-state index contributed by atoms with van der Waals surface area (Å²) in [6, 6.07) is 0.915. The lowest BCUT2D eigenvalue weighted by molar-refractivity contribution is -0.141. The van der Waals surface area contributed by atoms with Crippen molar-refractivity contribution in [2.45, 2.75) is 37.0 Å². The van der Waals surface area contributed by atoms with Crippen molar-refractivity contribution < 1.29 is 18.3 Å². The van der Waals surface area contributed by atoms with E-state index in [1.807, 2.05) is 0 Å². The lowest BCUT2D eigenvalue weighted by atomic mass is 10.3. The predicted octanol–water partition coefficient (Wildman–Crippen LogP) is 3.61. The summed E-state index contributed by atoms with van der Waals surface area (Å²) in [5.74, 6) is 0.367. The summed E-state index contributed by atoms with van der Waals surface area (Å²) >= 11 is 2.43. The second-order valence-corrected chi connectivity index (χ2v) is 6.18. The number of aliphatic hydroxyl groups excluding tert-OH is 1. The molecule has 1 unspecified atom stereocenters. The number of aliphatic hydroxyl groups is 1. The number of hydrogen-bond acceptors (Lipinski definition) is 6. The standard InChI is InChI=1S/C12H12F3N3OS2/c1-6-3-9(12(13,14)15)18-11(17-6)20-4-8-10(7(2)19)16-5-21-8/h3,5,7,19H,4H2,1-2H3. The summed E-state index contributed by atoms with van der Waals surface area (Å²) in [6.07, 6.45) is -5.20. The molecule has 0 bridgehead atoms. The maximum atomic E-state index is 12.7. The van der Waals surface area contributed by atoms with Crippen molar-refractivity contribution in [1.82, 2.24) is 15.0 Å². The smallest absolute Gasteiger partial charge is 0.387 e. The Morgan fingerprint density at radius 2 is 2.10 bits per heavy atom. The third kappa shape index (κ3) is 4.14. The molecular formula is C12H12F3N3OS2. The molecule has 0 aliphatic heterocycles. The summed E-state index contributed by atoms with van der Waals surface area (Å²) < 4.78 is 38.1. The lowest BCUT2D eigenvalue weighted by Gasteiger charge is -2.09. The van der Waals surface area contributed by atoms with Gasteiger partial charge < -0.3 is 5.11 Å². The van der Waals surface area contributed by atoms with Crippen LogP contribution in [-0.2, 0) is 11.9 Å². The first-order chi connectivity index (χ1) is 9.77. The Labute approximate surface area is 127 Å². The van der Waals surface area contributed by atoms with Gasteiger partial charge in [0, 0.05) is 16.3 Å². The van der Waals surface area contributed by atoms with Crippen molar-refractivity contribution in [3.63, 3.8) is 0 Å². The van der Waals surface area contributed by atoms with Crippen LogP contribution in [0.5, 0.6) is 0 Å². The lowest BCUT2D eigenvalue weighted by Crippen LogP contribution is -2.10. The molecule has 2 aromatic rings. The zero-order valence-electron chi connectivity index (χ0n) is 11.2. The summed E-state index contributed by atoms with van der Waals surface area (Å²) in [5, 5.41) is 9.60. The molecule has 1 atom stereocenters. The van der Waals surface area contributed by atoms with E-state index < -0.39 is 18.0 Å². The average Bonchev–Trinajstić information content (AvgIpc) is 2.83. The van der Waals surface area contributed by atoms with Crippen LogP contribution < -0.4 is 0 Å². The molecule has 0 aromatic carbocycles. The van der Waals surface area contributed by atoms with E-state index in [1.165, 1.54) is 18.3 Å². The van der Waals surface area contributed by atoms with E-state index in [9.17, 15) is 18.3 Å². The van der Waals surface area contributed by atoms with Gasteiger partial charge in [-0.3, -0.25) is 0 Å². The van der Waals surface area contributed by atoms with Gasteiger partial charge in [0.2, 0.25) is 0 Å². The zero-order valence-corrected chi connectivity index (χ0v) is 12.8. The van der Waals surface area contributed by atoms with E-state index in [-0.39, 0.29) is 10.9 Å². The van der Waals surface area contributed by atoms with Crippen LogP contribution in [0, 0.1) is 6.92 Å². The minimum Gasteiger partial charge on any atom is -0.387 e. The first-order valence-electron chi connectivity index (χ1n) is 5.93. The van der Waals surface area contributed by atoms with Crippen LogP contribution in [0.1, 0.15) is 35.0 Å². The highest BCUT2D eigenvalue weighted by Crippen LogP contribution is 2.31. The van der Waals surface area contributed by atoms with Crippen molar-refractivity contribution >= 4 is 23.1 Å². The second-order valence-electron chi connectivity index (χ2n) is 4.30. The van der Waals surface area contributed by atoms with Gasteiger partial charge in [-0.25, -0.2) is 15.0 Å². The molecule has 0 radical (unpaired) electrons. The molecule has 114 valence electrons. The number of thioether (sulfide) groups is 1. The van der Waals surface area contributed by atoms with E-state index in [4.69, 9.17) is 0 Å². The van der Waals surface area contributed by atoms with Crippen molar-refractivity contribution in [3.05, 3.63) is 33.5 Å². The third-order valence-corrected chi connectivity index (χ3v) is 4.43. The van der Waals surface area contributed by atoms with Crippen molar-refractivity contribution in [1.29, 1.82) is 0 Å². The Balaban J connectivity index is 2.17. The molecular weight excluding hydrogens is 323 g/mol. The molecule has 2 rings (SSSR count). The van der Waals surface area contributed by atoms with E-state index >= 15 is 0 Å². The monoisotopic (exact) mass is 335 g/mol. The molecule has 21 heavy (non-hydrogen) atoms. The van der Waals surface area contributed by atoms with Gasteiger partial charge in [0.25, 0.3) is 0 Å². The molecule has 0 saturated carbocycles. The molecule has 4 nitrogen and oxygen atoms in total. The van der Waals surface area contributed by atoms with E-state index in [0.29, 0.717) is 11.4 Å². The summed E-state index contributed by atoms with van der Waals surface area (Å²) in [6.45, 7) is 3.09. The molecule has 0 aliphatic carbocycles. The van der Waals surface area contributed by atoms with Gasteiger partial charge in [0.05, 0.1) is 17.3 Å². The Morgan fingerprint density at radius 1 is 1.38 bits per heavy atom. The molecule has 1 N–H and O–H groups in total. The maximum absolute atomic E-state index is 12.7. The number of aryl methyl sites for hydroxylation is 1. The van der Waals surface area contributed by atoms with E-state index in [0.717, 1.165) is 22.7 Å². The molecule has 0 saturated heterocycles. The molecule has 0 amide bonds. The van der Waals surface area contributed by atoms with Gasteiger partial charge in [-0.15, -0.1) is 11.3 Å². The summed E-state index contributed by atoms with van der Waals surface area (Å²) in [7, 11) is 0. The maximum Gasteiger partial charge on any atom is 0.433 e. The van der Waals surface area contributed by atoms with Crippen LogP contribution >= 0.6 is 23.1 Å². The first-order valence-corrected chi connectivity index (χ1v) is 7.80. The van der Waals surface area contributed by atoms with Crippen LogP contribution in [0.25, 0.3) is 0 Å². The summed E-state index contributed by atoms with van der Waals surface area (Å²) in [5.41, 5.74) is 1.45. The van der Waals surface area contributed by atoms with Crippen molar-refractivity contribution in [3.8, 4) is 0 Å². The van der Waals surface area contributed by atoms with Crippen molar-refractivity contribution in [2.24, 2.45) is 0 Å². The largest absolute Gasteiger partial charge is 0.433 e. The highest BCUT2D eigenvalue weighted by molar-refractivity contribution is 7.98. The molecule has 0 fully saturated rings. The van der Waals surface area contributed by atoms with Crippen molar-refractivity contribution in [2.75, 3.05) is 0 Å². The quantitative estimate of drug-likeness (QED) is 0.683. The van der Waals surface area contributed by atoms with Gasteiger partial charge in [-0.2, -0.15) is 13.2 Å². The normalized spacial score (nSPS) is 13.4. The second kappa shape index (κ2) is 6.29. The number of hydrogen-bond donors (Lipinski definition) is 1. The van der Waals surface area contributed by atoms with Crippen LogP contribution in [-0.4, -0.2) is 20.1 Å².